The van der Waals surface area contributed by atoms with E-state index in [1.165, 1.54) is 0 Å². The van der Waals surface area contributed by atoms with Crippen LogP contribution in [-0.4, -0.2) is 22.2 Å². The Bertz CT molecular complexity index is 351. The van der Waals surface area contributed by atoms with E-state index in [1.54, 1.807) is 9.13 Å². The van der Waals surface area contributed by atoms with Crippen LogP contribution >= 0.6 is 0 Å². The zero-order chi connectivity index (χ0) is 11.1. The van der Waals surface area contributed by atoms with Gasteiger partial charge in [-0.15, -0.1) is 6.58 Å². The van der Waals surface area contributed by atoms with Gasteiger partial charge in [0.2, 0.25) is 0 Å². The number of aromatic nitrogens is 2. The standard InChI is InChI=1S/C11H19N3O/c1-3-5-12-6-8-14-10-9-13(7-4-2)11(14)15/h3,9-10,12H,1,4-8H2,2H3. The molecule has 0 amide bonds. The molecule has 0 aliphatic heterocycles. The van der Waals surface area contributed by atoms with E-state index in [0.29, 0.717) is 6.54 Å². The van der Waals surface area contributed by atoms with E-state index in [1.807, 2.05) is 18.5 Å². The quantitative estimate of drug-likeness (QED) is 0.534. The predicted octanol–water partition coefficient (Wildman–Crippen LogP) is 0.835. The Morgan fingerprint density at radius 2 is 2.07 bits per heavy atom. The lowest BCUT2D eigenvalue weighted by Crippen LogP contribution is -2.28. The summed E-state index contributed by atoms with van der Waals surface area (Å²) in [6.07, 6.45) is 6.48. The van der Waals surface area contributed by atoms with Gasteiger partial charge in [0, 0.05) is 38.6 Å². The zero-order valence-corrected chi connectivity index (χ0v) is 9.28. The van der Waals surface area contributed by atoms with Crippen molar-refractivity contribution in [1.29, 1.82) is 0 Å². The Balaban J connectivity index is 2.47. The number of rotatable bonds is 7. The van der Waals surface area contributed by atoms with Crippen molar-refractivity contribution in [3.8, 4) is 0 Å². The predicted molar refractivity (Wildman–Crippen MR) is 62.0 cm³/mol. The summed E-state index contributed by atoms with van der Waals surface area (Å²) < 4.78 is 3.47. The molecule has 84 valence electrons. The molecule has 0 saturated carbocycles. The summed E-state index contributed by atoms with van der Waals surface area (Å²) >= 11 is 0. The van der Waals surface area contributed by atoms with Gasteiger partial charge in [0.15, 0.2) is 0 Å². The lowest BCUT2D eigenvalue weighted by Gasteiger charge is -2.02. The lowest BCUT2D eigenvalue weighted by molar-refractivity contribution is 0.577. The molecule has 1 aromatic rings. The van der Waals surface area contributed by atoms with Gasteiger partial charge in [0.1, 0.15) is 0 Å². The Hall–Kier alpha value is -1.29. The van der Waals surface area contributed by atoms with Crippen molar-refractivity contribution < 1.29 is 0 Å². The molecule has 1 heterocycles. The molecular formula is C11H19N3O. The van der Waals surface area contributed by atoms with E-state index < -0.39 is 0 Å². The maximum absolute atomic E-state index is 11.7. The minimum absolute atomic E-state index is 0.0808. The van der Waals surface area contributed by atoms with Crippen LogP contribution in [0.5, 0.6) is 0 Å². The summed E-state index contributed by atoms with van der Waals surface area (Å²) in [7, 11) is 0. The van der Waals surface area contributed by atoms with Crippen LogP contribution in [0.2, 0.25) is 0 Å². The van der Waals surface area contributed by atoms with Gasteiger partial charge < -0.3 is 5.32 Å². The molecule has 0 unspecified atom stereocenters. The summed E-state index contributed by atoms with van der Waals surface area (Å²) in [5, 5.41) is 3.16. The van der Waals surface area contributed by atoms with Crippen LogP contribution in [0.4, 0.5) is 0 Å². The highest BCUT2D eigenvalue weighted by molar-refractivity contribution is 4.81. The highest BCUT2D eigenvalue weighted by Crippen LogP contribution is 1.87. The van der Waals surface area contributed by atoms with E-state index in [0.717, 1.165) is 26.1 Å². The highest BCUT2D eigenvalue weighted by atomic mass is 16.1. The van der Waals surface area contributed by atoms with Crippen LogP contribution in [-0.2, 0) is 13.1 Å². The Morgan fingerprint density at radius 1 is 1.40 bits per heavy atom. The topological polar surface area (TPSA) is 39.0 Å². The number of hydrogen-bond donors (Lipinski definition) is 1. The maximum Gasteiger partial charge on any atom is 0.328 e. The van der Waals surface area contributed by atoms with Crippen LogP contribution in [0, 0.1) is 0 Å². The van der Waals surface area contributed by atoms with Crippen LogP contribution in [0.15, 0.2) is 29.8 Å². The Kier molecular flexibility index (Phi) is 4.90. The first-order chi connectivity index (χ1) is 7.29. The molecule has 0 radical (unpaired) electrons. The van der Waals surface area contributed by atoms with Crippen LogP contribution in [0.25, 0.3) is 0 Å². The molecule has 0 aliphatic rings. The van der Waals surface area contributed by atoms with Crippen LogP contribution < -0.4 is 11.0 Å². The molecule has 0 aliphatic carbocycles. The van der Waals surface area contributed by atoms with Gasteiger partial charge in [-0.05, 0) is 6.42 Å². The highest BCUT2D eigenvalue weighted by Gasteiger charge is 2.00. The number of aryl methyl sites for hydroxylation is 1. The maximum atomic E-state index is 11.7. The number of imidazole rings is 1. The molecule has 0 aromatic carbocycles. The smallest absolute Gasteiger partial charge is 0.312 e. The molecule has 15 heavy (non-hydrogen) atoms. The van der Waals surface area contributed by atoms with E-state index in [-0.39, 0.29) is 5.69 Å². The number of nitrogens with zero attached hydrogens (tertiary/aromatic N) is 2. The fourth-order valence-corrected chi connectivity index (χ4v) is 1.44. The minimum Gasteiger partial charge on any atom is -0.312 e. The third kappa shape index (κ3) is 3.40. The first kappa shape index (κ1) is 11.8. The van der Waals surface area contributed by atoms with Crippen LogP contribution in [0.1, 0.15) is 13.3 Å². The summed E-state index contributed by atoms with van der Waals surface area (Å²) in [4.78, 5) is 11.7. The van der Waals surface area contributed by atoms with Gasteiger partial charge in [0.05, 0.1) is 0 Å². The molecule has 4 heteroatoms. The molecule has 1 aromatic heterocycles. The molecule has 0 fully saturated rings. The summed E-state index contributed by atoms with van der Waals surface area (Å²) in [5.41, 5.74) is 0.0808. The third-order valence-corrected chi connectivity index (χ3v) is 2.20. The molecule has 0 saturated heterocycles. The first-order valence-corrected chi connectivity index (χ1v) is 5.36. The normalized spacial score (nSPS) is 10.5. The molecule has 0 atom stereocenters. The van der Waals surface area contributed by atoms with E-state index >= 15 is 0 Å². The lowest BCUT2D eigenvalue weighted by atomic mass is 10.5. The van der Waals surface area contributed by atoms with Crippen molar-refractivity contribution in [2.45, 2.75) is 26.4 Å². The molecular weight excluding hydrogens is 190 g/mol. The largest absolute Gasteiger partial charge is 0.328 e. The Morgan fingerprint density at radius 3 is 2.67 bits per heavy atom. The average Bonchev–Trinajstić information content (AvgIpc) is 2.57. The fourth-order valence-electron chi connectivity index (χ4n) is 1.44. The van der Waals surface area contributed by atoms with Crippen molar-refractivity contribution in [2.24, 2.45) is 0 Å². The molecule has 4 nitrogen and oxygen atoms in total. The number of hydrogen-bond acceptors (Lipinski definition) is 2. The van der Waals surface area contributed by atoms with E-state index in [4.69, 9.17) is 0 Å². The van der Waals surface area contributed by atoms with Gasteiger partial charge in [0.25, 0.3) is 0 Å². The van der Waals surface area contributed by atoms with E-state index in [9.17, 15) is 4.79 Å². The van der Waals surface area contributed by atoms with Gasteiger partial charge in [-0.25, -0.2) is 4.79 Å². The molecule has 0 spiro atoms. The zero-order valence-electron chi connectivity index (χ0n) is 9.28. The molecule has 1 N–H and O–H groups in total. The second kappa shape index (κ2) is 6.24. The average molecular weight is 209 g/mol. The van der Waals surface area contributed by atoms with Crippen molar-refractivity contribution in [3.63, 3.8) is 0 Å². The van der Waals surface area contributed by atoms with Gasteiger partial charge >= 0.3 is 5.69 Å². The number of nitrogens with one attached hydrogen (secondary N) is 1. The van der Waals surface area contributed by atoms with Crippen molar-refractivity contribution in [1.82, 2.24) is 14.5 Å². The van der Waals surface area contributed by atoms with Gasteiger partial charge in [-0.1, -0.05) is 13.0 Å². The summed E-state index contributed by atoms with van der Waals surface area (Å²) in [6, 6.07) is 0. The van der Waals surface area contributed by atoms with Gasteiger partial charge in [-0.3, -0.25) is 9.13 Å². The SMILES string of the molecule is C=CCNCCn1ccn(CCC)c1=O. The second-order valence-corrected chi connectivity index (χ2v) is 3.46. The fraction of sp³-hybridized carbons (Fsp3) is 0.545. The second-order valence-electron chi connectivity index (χ2n) is 3.46. The van der Waals surface area contributed by atoms with Crippen LogP contribution in [0.3, 0.4) is 0 Å². The van der Waals surface area contributed by atoms with Crippen molar-refractivity contribution in [2.75, 3.05) is 13.1 Å². The monoisotopic (exact) mass is 209 g/mol. The first-order valence-electron chi connectivity index (χ1n) is 5.36. The summed E-state index contributed by atoms with van der Waals surface area (Å²) in [5.74, 6) is 0. The third-order valence-electron chi connectivity index (χ3n) is 2.20. The van der Waals surface area contributed by atoms with Crippen molar-refractivity contribution in [3.05, 3.63) is 35.5 Å². The minimum atomic E-state index is 0.0808. The van der Waals surface area contributed by atoms with Gasteiger partial charge in [-0.2, -0.15) is 0 Å². The molecule has 0 bridgehead atoms. The Labute approximate surface area is 90.2 Å². The summed E-state index contributed by atoms with van der Waals surface area (Å²) in [6.45, 7) is 8.77. The van der Waals surface area contributed by atoms with Crippen molar-refractivity contribution >= 4 is 0 Å². The molecule has 1 rings (SSSR count). The van der Waals surface area contributed by atoms with E-state index in [2.05, 4.69) is 18.8 Å².